The zero-order chi connectivity index (χ0) is 14.0. The van der Waals surface area contributed by atoms with Crippen LogP contribution in [0.1, 0.15) is 36.2 Å². The summed E-state index contributed by atoms with van der Waals surface area (Å²) >= 11 is 3.14. The monoisotopic (exact) mass is 307 g/mol. The smallest absolute Gasteiger partial charge is 0.271 e. The van der Waals surface area contributed by atoms with E-state index in [4.69, 9.17) is 5.73 Å². The molecule has 1 amide bonds. The summed E-state index contributed by atoms with van der Waals surface area (Å²) in [6, 6.07) is 4.01. The minimum Gasteiger partial charge on any atom is -0.344 e. The Morgan fingerprint density at radius 2 is 2.20 bits per heavy atom. The molecule has 0 bridgehead atoms. The van der Waals surface area contributed by atoms with Gasteiger partial charge in [-0.25, -0.2) is 4.98 Å². The molecule has 4 nitrogen and oxygen atoms in total. The van der Waals surface area contributed by atoms with Gasteiger partial charge in [-0.1, -0.05) is 18.9 Å². The molecule has 0 spiro atoms. The minimum atomic E-state index is -0.218. The first-order chi connectivity index (χ1) is 9.72. The Bertz CT molecular complexity index is 585. The van der Waals surface area contributed by atoms with Crippen molar-refractivity contribution in [1.82, 2.24) is 10.3 Å². The number of thiophene rings is 1. The third-order valence-electron chi connectivity index (χ3n) is 3.80. The molecule has 3 N–H and O–H groups in total. The number of nitrogens with zero attached hydrogens (tertiary/aromatic N) is 1. The highest BCUT2D eigenvalue weighted by molar-refractivity contribution is 7.20. The lowest BCUT2D eigenvalue weighted by atomic mass is 9.98. The van der Waals surface area contributed by atoms with E-state index in [-0.39, 0.29) is 11.4 Å². The van der Waals surface area contributed by atoms with Crippen molar-refractivity contribution in [2.75, 3.05) is 6.54 Å². The normalized spacial score (nSPS) is 17.2. The maximum atomic E-state index is 12.3. The summed E-state index contributed by atoms with van der Waals surface area (Å²) in [4.78, 5) is 17.9. The van der Waals surface area contributed by atoms with E-state index in [9.17, 15) is 4.79 Å². The van der Waals surface area contributed by atoms with Crippen molar-refractivity contribution < 1.29 is 4.79 Å². The highest BCUT2D eigenvalue weighted by Crippen LogP contribution is 2.30. The van der Waals surface area contributed by atoms with Gasteiger partial charge in [-0.05, 0) is 24.3 Å². The van der Waals surface area contributed by atoms with E-state index in [1.54, 1.807) is 11.3 Å². The number of hydrogen-bond acceptors (Lipinski definition) is 5. The van der Waals surface area contributed by atoms with Gasteiger partial charge in [0.05, 0.1) is 10.4 Å². The van der Waals surface area contributed by atoms with Gasteiger partial charge in [0.1, 0.15) is 10.7 Å². The van der Waals surface area contributed by atoms with Crippen LogP contribution in [0.2, 0.25) is 0 Å². The van der Waals surface area contributed by atoms with Gasteiger partial charge >= 0.3 is 0 Å². The Labute approximate surface area is 126 Å². The quantitative estimate of drug-likeness (QED) is 0.912. The molecule has 1 saturated carbocycles. The van der Waals surface area contributed by atoms with E-state index < -0.39 is 0 Å². The third-order valence-corrected chi connectivity index (χ3v) is 5.68. The van der Waals surface area contributed by atoms with E-state index in [0.717, 1.165) is 35.6 Å². The van der Waals surface area contributed by atoms with Gasteiger partial charge in [0.25, 0.3) is 5.91 Å². The number of carbonyl (C=O) groups is 1. The second-order valence-electron chi connectivity index (χ2n) is 5.16. The van der Waals surface area contributed by atoms with Crippen LogP contribution >= 0.6 is 22.7 Å². The van der Waals surface area contributed by atoms with Gasteiger partial charge in [-0.2, -0.15) is 0 Å². The number of hydrogen-bond donors (Lipinski definition) is 2. The fraction of sp³-hybridized carbons (Fsp3) is 0.429. The molecular weight excluding hydrogens is 290 g/mol. The molecule has 0 atom stereocenters. The summed E-state index contributed by atoms with van der Waals surface area (Å²) in [6.07, 6.45) is 4.21. The van der Waals surface area contributed by atoms with Crippen LogP contribution in [0.3, 0.4) is 0 Å². The van der Waals surface area contributed by atoms with Crippen LogP contribution in [0.5, 0.6) is 0 Å². The molecule has 20 heavy (non-hydrogen) atoms. The van der Waals surface area contributed by atoms with E-state index in [2.05, 4.69) is 10.3 Å². The van der Waals surface area contributed by atoms with Crippen LogP contribution in [-0.4, -0.2) is 23.0 Å². The maximum absolute atomic E-state index is 12.3. The lowest BCUT2D eigenvalue weighted by Gasteiger charge is -2.28. The summed E-state index contributed by atoms with van der Waals surface area (Å²) in [6.45, 7) is 0.501. The van der Waals surface area contributed by atoms with Crippen LogP contribution in [0, 0.1) is 0 Å². The summed E-state index contributed by atoms with van der Waals surface area (Å²) in [5.74, 6) is -0.101. The molecule has 1 aliphatic rings. The van der Waals surface area contributed by atoms with Gasteiger partial charge in [0.2, 0.25) is 0 Å². The van der Waals surface area contributed by atoms with Crippen LogP contribution in [0.4, 0.5) is 0 Å². The Kier molecular flexibility index (Phi) is 3.87. The Morgan fingerprint density at radius 3 is 2.85 bits per heavy atom. The topological polar surface area (TPSA) is 68.0 Å². The Hall–Kier alpha value is -1.24. The summed E-state index contributed by atoms with van der Waals surface area (Å²) in [5.41, 5.74) is 6.13. The van der Waals surface area contributed by atoms with Gasteiger partial charge in [0, 0.05) is 11.9 Å². The Balaban J connectivity index is 1.74. The number of aromatic nitrogens is 1. The molecule has 0 aromatic carbocycles. The lowest BCUT2D eigenvalue weighted by molar-refractivity contribution is 0.0898. The van der Waals surface area contributed by atoms with Crippen molar-refractivity contribution in [3.8, 4) is 9.88 Å². The molecule has 2 heterocycles. The average molecular weight is 307 g/mol. The summed E-state index contributed by atoms with van der Waals surface area (Å²) in [5, 5.41) is 7.84. The van der Waals surface area contributed by atoms with E-state index in [0.29, 0.717) is 12.2 Å². The number of rotatable bonds is 4. The standard InChI is InChI=1S/C14H17N3OS2/c15-9-14(5-1-2-6-14)17-12(18)10-8-20-13(16-10)11-4-3-7-19-11/h3-4,7-8H,1-2,5-6,9,15H2,(H,17,18). The van der Waals surface area contributed by atoms with Crippen LogP contribution in [0.15, 0.2) is 22.9 Å². The fourth-order valence-electron chi connectivity index (χ4n) is 2.63. The van der Waals surface area contributed by atoms with Crippen molar-refractivity contribution in [3.05, 3.63) is 28.6 Å². The zero-order valence-corrected chi connectivity index (χ0v) is 12.7. The van der Waals surface area contributed by atoms with E-state index >= 15 is 0 Å². The highest BCUT2D eigenvalue weighted by Gasteiger charge is 2.34. The van der Waals surface area contributed by atoms with Crippen LogP contribution < -0.4 is 11.1 Å². The molecule has 3 rings (SSSR count). The number of amides is 1. The molecule has 1 fully saturated rings. The minimum absolute atomic E-state index is 0.101. The molecule has 6 heteroatoms. The molecular formula is C14H17N3OS2. The fourth-order valence-corrected chi connectivity index (χ4v) is 4.24. The van der Waals surface area contributed by atoms with Crippen molar-refractivity contribution in [3.63, 3.8) is 0 Å². The molecule has 106 valence electrons. The number of thiazole rings is 1. The van der Waals surface area contributed by atoms with Crippen molar-refractivity contribution in [2.45, 2.75) is 31.2 Å². The number of carbonyl (C=O) groups excluding carboxylic acids is 1. The Morgan fingerprint density at radius 1 is 1.40 bits per heavy atom. The average Bonchev–Trinajstić information content (AvgIpc) is 3.19. The molecule has 2 aromatic rings. The predicted octanol–water partition coefficient (Wildman–Crippen LogP) is 2.87. The SMILES string of the molecule is NCC1(NC(=O)c2csc(-c3cccs3)n2)CCCC1. The van der Waals surface area contributed by atoms with Crippen LogP contribution in [0.25, 0.3) is 9.88 Å². The molecule has 1 aliphatic carbocycles. The van der Waals surface area contributed by atoms with Crippen molar-refractivity contribution in [1.29, 1.82) is 0 Å². The van der Waals surface area contributed by atoms with Gasteiger partial charge < -0.3 is 11.1 Å². The zero-order valence-electron chi connectivity index (χ0n) is 11.1. The van der Waals surface area contributed by atoms with Gasteiger partial charge in [0.15, 0.2) is 0 Å². The van der Waals surface area contributed by atoms with Crippen molar-refractivity contribution >= 4 is 28.6 Å². The second kappa shape index (κ2) is 5.63. The number of nitrogens with one attached hydrogen (secondary N) is 1. The molecule has 0 radical (unpaired) electrons. The first-order valence-corrected chi connectivity index (χ1v) is 8.50. The second-order valence-corrected chi connectivity index (χ2v) is 6.97. The number of nitrogens with two attached hydrogens (primary N) is 1. The van der Waals surface area contributed by atoms with Gasteiger partial charge in [-0.15, -0.1) is 22.7 Å². The predicted molar refractivity (Wildman–Crippen MR) is 83.1 cm³/mol. The van der Waals surface area contributed by atoms with Gasteiger partial charge in [-0.3, -0.25) is 4.79 Å². The molecule has 0 unspecified atom stereocenters. The largest absolute Gasteiger partial charge is 0.344 e. The van der Waals surface area contributed by atoms with Crippen LogP contribution in [-0.2, 0) is 0 Å². The highest BCUT2D eigenvalue weighted by atomic mass is 32.1. The third kappa shape index (κ3) is 2.63. The summed E-state index contributed by atoms with van der Waals surface area (Å²) in [7, 11) is 0. The summed E-state index contributed by atoms with van der Waals surface area (Å²) < 4.78 is 0. The van der Waals surface area contributed by atoms with E-state index in [1.165, 1.54) is 11.3 Å². The molecule has 0 aliphatic heterocycles. The maximum Gasteiger partial charge on any atom is 0.271 e. The molecule has 0 saturated heterocycles. The lowest BCUT2D eigenvalue weighted by Crippen LogP contribution is -2.51. The first kappa shape index (κ1) is 13.7. The first-order valence-electron chi connectivity index (χ1n) is 6.74. The molecule has 2 aromatic heterocycles. The van der Waals surface area contributed by atoms with E-state index in [1.807, 2.05) is 22.9 Å². The van der Waals surface area contributed by atoms with Crippen molar-refractivity contribution in [2.24, 2.45) is 5.73 Å².